The van der Waals surface area contributed by atoms with Crippen molar-refractivity contribution in [2.45, 2.75) is 18.9 Å². The summed E-state index contributed by atoms with van der Waals surface area (Å²) in [6.07, 6.45) is 2.80. The molecule has 0 radical (unpaired) electrons. The molecule has 1 atom stereocenters. The van der Waals surface area contributed by atoms with E-state index in [1.807, 2.05) is 25.1 Å². The summed E-state index contributed by atoms with van der Waals surface area (Å²) in [5.74, 6) is -0.213. The zero-order valence-electron chi connectivity index (χ0n) is 18.7. The number of pyridine rings is 2. The van der Waals surface area contributed by atoms with Crippen LogP contribution in [0.2, 0.25) is 10.0 Å². The average Bonchev–Trinajstić information content (AvgIpc) is 2.79. The third-order valence-corrected chi connectivity index (χ3v) is 6.53. The zero-order valence-corrected chi connectivity index (χ0v) is 20.2. The van der Waals surface area contributed by atoms with E-state index in [0.29, 0.717) is 33.0 Å². The van der Waals surface area contributed by atoms with E-state index in [1.54, 1.807) is 6.07 Å². The van der Waals surface area contributed by atoms with Crippen molar-refractivity contribution in [2.24, 2.45) is 0 Å². The Hall–Kier alpha value is -3.62. The summed E-state index contributed by atoms with van der Waals surface area (Å²) in [4.78, 5) is 35.4. The van der Waals surface area contributed by atoms with Gasteiger partial charge in [0.1, 0.15) is 11.5 Å². The van der Waals surface area contributed by atoms with E-state index in [2.05, 4.69) is 27.3 Å². The lowest BCUT2D eigenvalue weighted by molar-refractivity contribution is 0.0691. The molecule has 178 valence electrons. The highest BCUT2D eigenvalue weighted by Gasteiger charge is 2.30. The van der Waals surface area contributed by atoms with Crippen LogP contribution in [-0.2, 0) is 0 Å². The first-order chi connectivity index (χ1) is 16.8. The highest BCUT2D eigenvalue weighted by atomic mass is 35.5. The van der Waals surface area contributed by atoms with Crippen molar-refractivity contribution in [3.8, 4) is 0 Å². The quantitative estimate of drug-likeness (QED) is 0.382. The molecule has 1 saturated heterocycles. The number of rotatable bonds is 6. The molecule has 5 rings (SSSR count). The zero-order chi connectivity index (χ0) is 24.7. The van der Waals surface area contributed by atoms with Crippen LogP contribution in [0.25, 0.3) is 5.65 Å². The molecule has 0 aliphatic carbocycles. The van der Waals surface area contributed by atoms with Crippen LogP contribution in [0.1, 0.15) is 40.5 Å². The van der Waals surface area contributed by atoms with E-state index in [0.717, 1.165) is 13.1 Å². The summed E-state index contributed by atoms with van der Waals surface area (Å²) < 4.78 is 1.40. The number of carboxylic acids is 1. The lowest BCUT2D eigenvalue weighted by Crippen LogP contribution is -2.46. The number of aromatic nitrogens is 3. The third-order valence-electron chi connectivity index (χ3n) is 6.11. The number of hydrogen-bond donors (Lipinski definition) is 2. The van der Waals surface area contributed by atoms with E-state index >= 15 is 0 Å². The molecule has 4 aromatic rings. The minimum atomic E-state index is -1.19. The standard InChI is InChI=1S/C25H21Cl2N5O3/c1-14(29-20-8-17(26)10-28-23(20)25(34)35)19-7-18(27)13-32-22(33)9-21(30-24(19)32)31-11-16(12-31)15-5-3-2-4-6-15/h2-10,13-14,16,29H,11-12H2,1H3,(H,34,35)/t14-/m1/s1. The number of hydrogen-bond acceptors (Lipinski definition) is 6. The molecular formula is C25H21Cl2N5O3. The molecule has 0 bridgehead atoms. The van der Waals surface area contributed by atoms with Gasteiger partial charge in [0.15, 0.2) is 5.69 Å². The molecule has 0 unspecified atom stereocenters. The first kappa shape index (κ1) is 23.1. The molecular weight excluding hydrogens is 489 g/mol. The Morgan fingerprint density at radius 1 is 1.14 bits per heavy atom. The maximum absolute atomic E-state index is 13.0. The van der Waals surface area contributed by atoms with Gasteiger partial charge in [0.05, 0.1) is 21.8 Å². The van der Waals surface area contributed by atoms with Gasteiger partial charge in [0, 0.05) is 43.0 Å². The molecule has 35 heavy (non-hydrogen) atoms. The Labute approximate surface area is 210 Å². The highest BCUT2D eigenvalue weighted by molar-refractivity contribution is 6.31. The van der Waals surface area contributed by atoms with Crippen LogP contribution in [0.15, 0.2) is 65.7 Å². The second-order valence-corrected chi connectivity index (χ2v) is 9.37. The van der Waals surface area contributed by atoms with Crippen LogP contribution >= 0.6 is 23.2 Å². The van der Waals surface area contributed by atoms with Crippen LogP contribution < -0.4 is 15.8 Å². The molecule has 1 aliphatic rings. The Bertz CT molecular complexity index is 1490. The van der Waals surface area contributed by atoms with Crippen molar-refractivity contribution in [1.82, 2.24) is 14.4 Å². The van der Waals surface area contributed by atoms with Gasteiger partial charge in [-0.15, -0.1) is 0 Å². The molecule has 0 amide bonds. The van der Waals surface area contributed by atoms with Gasteiger partial charge in [-0.05, 0) is 24.6 Å². The summed E-state index contributed by atoms with van der Waals surface area (Å²) in [7, 11) is 0. The van der Waals surface area contributed by atoms with E-state index in [-0.39, 0.29) is 16.9 Å². The normalized spacial score (nSPS) is 14.5. The Kier molecular flexibility index (Phi) is 6.08. The van der Waals surface area contributed by atoms with Gasteiger partial charge < -0.3 is 15.3 Å². The van der Waals surface area contributed by atoms with Crippen LogP contribution in [0.5, 0.6) is 0 Å². The molecule has 8 nitrogen and oxygen atoms in total. The summed E-state index contributed by atoms with van der Waals surface area (Å²) in [6, 6.07) is 14.5. The van der Waals surface area contributed by atoms with Gasteiger partial charge in [0.2, 0.25) is 0 Å². The van der Waals surface area contributed by atoms with E-state index < -0.39 is 12.0 Å². The summed E-state index contributed by atoms with van der Waals surface area (Å²) in [5.41, 5.74) is 2.17. The fraction of sp³-hybridized carbons (Fsp3) is 0.200. The molecule has 1 fully saturated rings. The number of carbonyl (C=O) groups is 1. The van der Waals surface area contributed by atoms with Crippen molar-refractivity contribution < 1.29 is 9.90 Å². The van der Waals surface area contributed by atoms with Crippen LogP contribution in [-0.4, -0.2) is 38.5 Å². The number of carboxylic acid groups (broad SMARTS) is 1. The predicted molar refractivity (Wildman–Crippen MR) is 136 cm³/mol. The number of benzene rings is 1. The topological polar surface area (TPSA) is 99.8 Å². The van der Waals surface area contributed by atoms with Gasteiger partial charge in [-0.1, -0.05) is 53.5 Å². The largest absolute Gasteiger partial charge is 0.476 e. The number of nitrogens with one attached hydrogen (secondary N) is 1. The minimum Gasteiger partial charge on any atom is -0.476 e. The van der Waals surface area contributed by atoms with Crippen molar-refractivity contribution >= 4 is 46.3 Å². The molecule has 3 aromatic heterocycles. The Morgan fingerprint density at radius 3 is 2.60 bits per heavy atom. The molecule has 0 spiro atoms. The second kappa shape index (κ2) is 9.20. The van der Waals surface area contributed by atoms with Crippen molar-refractivity contribution in [2.75, 3.05) is 23.3 Å². The fourth-order valence-electron chi connectivity index (χ4n) is 4.29. The van der Waals surface area contributed by atoms with Crippen molar-refractivity contribution in [1.29, 1.82) is 0 Å². The second-order valence-electron chi connectivity index (χ2n) is 8.49. The van der Waals surface area contributed by atoms with Gasteiger partial charge >= 0.3 is 5.97 Å². The third kappa shape index (κ3) is 4.54. The average molecular weight is 510 g/mol. The van der Waals surface area contributed by atoms with Crippen molar-refractivity contribution in [3.05, 3.63) is 98.1 Å². The first-order valence-electron chi connectivity index (χ1n) is 11.0. The SMILES string of the molecule is C[C@@H](Nc1cc(Cl)cnc1C(=O)O)c1cc(Cl)cn2c(=O)cc(N3CC(c4ccccc4)C3)nc12. The monoisotopic (exact) mass is 509 g/mol. The Morgan fingerprint density at radius 2 is 1.89 bits per heavy atom. The highest BCUT2D eigenvalue weighted by Crippen LogP contribution is 2.32. The molecule has 10 heteroatoms. The minimum absolute atomic E-state index is 0.161. The Balaban J connectivity index is 1.49. The maximum atomic E-state index is 13.0. The molecule has 1 aromatic carbocycles. The van der Waals surface area contributed by atoms with Gasteiger partial charge in [0.25, 0.3) is 5.56 Å². The predicted octanol–water partition coefficient (Wildman–Crippen LogP) is 4.87. The number of aromatic carboxylic acids is 1. The number of nitrogens with zero attached hydrogens (tertiary/aromatic N) is 4. The van der Waals surface area contributed by atoms with Gasteiger partial charge in [-0.25, -0.2) is 14.8 Å². The lowest BCUT2D eigenvalue weighted by atomic mass is 9.91. The number of fused-ring (bicyclic) bond motifs is 1. The van der Waals surface area contributed by atoms with Crippen LogP contribution in [0, 0.1) is 0 Å². The molecule has 1 aliphatic heterocycles. The van der Waals surface area contributed by atoms with E-state index in [9.17, 15) is 14.7 Å². The number of halogens is 2. The molecule has 4 heterocycles. The lowest BCUT2D eigenvalue weighted by Gasteiger charge is -2.40. The maximum Gasteiger partial charge on any atom is 0.356 e. The smallest absolute Gasteiger partial charge is 0.356 e. The fourth-order valence-corrected chi connectivity index (χ4v) is 4.67. The van der Waals surface area contributed by atoms with Crippen LogP contribution in [0.4, 0.5) is 11.5 Å². The van der Waals surface area contributed by atoms with Gasteiger partial charge in [-0.3, -0.25) is 9.20 Å². The molecule has 2 N–H and O–H groups in total. The van der Waals surface area contributed by atoms with E-state index in [1.165, 1.54) is 34.5 Å². The summed E-state index contributed by atoms with van der Waals surface area (Å²) in [6.45, 7) is 3.35. The number of anilines is 2. The van der Waals surface area contributed by atoms with Gasteiger partial charge in [-0.2, -0.15) is 0 Å². The first-order valence-corrected chi connectivity index (χ1v) is 11.7. The summed E-state index contributed by atoms with van der Waals surface area (Å²) in [5, 5.41) is 13.3. The summed E-state index contributed by atoms with van der Waals surface area (Å²) >= 11 is 12.4. The molecule has 0 saturated carbocycles. The van der Waals surface area contributed by atoms with E-state index in [4.69, 9.17) is 28.2 Å². The van der Waals surface area contributed by atoms with Crippen molar-refractivity contribution in [3.63, 3.8) is 0 Å². The van der Waals surface area contributed by atoms with Crippen LogP contribution in [0.3, 0.4) is 0 Å².